The van der Waals surface area contributed by atoms with Gasteiger partial charge in [0.15, 0.2) is 0 Å². The van der Waals surface area contributed by atoms with Gasteiger partial charge in [-0.3, -0.25) is 30.7 Å². The quantitative estimate of drug-likeness (QED) is 0.472. The van der Waals surface area contributed by atoms with E-state index >= 15 is 0 Å². The summed E-state index contributed by atoms with van der Waals surface area (Å²) in [6, 6.07) is 10.1. The van der Waals surface area contributed by atoms with Gasteiger partial charge >= 0.3 is 11.6 Å². The van der Waals surface area contributed by atoms with Crippen molar-refractivity contribution in [2.24, 2.45) is 0 Å². The van der Waals surface area contributed by atoms with Gasteiger partial charge in [-0.1, -0.05) is 19.1 Å². The highest BCUT2D eigenvalue weighted by Crippen LogP contribution is 2.33. The Morgan fingerprint density at radius 2 is 1.86 bits per heavy atom. The zero-order chi connectivity index (χ0) is 19.9. The number of carbonyl (C=O) groups is 1. The Bertz CT molecular complexity index is 979. The lowest BCUT2D eigenvalue weighted by Gasteiger charge is -2.10. The molecule has 0 aliphatic heterocycles. The van der Waals surface area contributed by atoms with Gasteiger partial charge in [0, 0.05) is 18.0 Å². The monoisotopic (exact) mass is 380 g/mol. The number of rotatable bonds is 7. The maximum absolute atomic E-state index is 12.1. The molecule has 1 amide bonds. The first-order valence-corrected chi connectivity index (χ1v) is 8.31. The molecule has 0 aliphatic carbocycles. The molecule has 0 bridgehead atoms. The summed E-state index contributed by atoms with van der Waals surface area (Å²) >= 11 is 0. The fourth-order valence-corrected chi connectivity index (χ4v) is 2.29. The zero-order valence-corrected chi connectivity index (χ0v) is 14.8. The van der Waals surface area contributed by atoms with Crippen molar-refractivity contribution in [3.63, 3.8) is 0 Å². The number of amides is 1. The average molecular weight is 380 g/mol. The van der Waals surface area contributed by atoms with E-state index < -0.39 is 16.5 Å². The fourth-order valence-electron chi connectivity index (χ4n) is 2.29. The predicted molar refractivity (Wildman–Crippen MR) is 99.9 cm³/mol. The number of hydrogen-bond donors (Lipinski definition) is 2. The lowest BCUT2D eigenvalue weighted by molar-refractivity contribution is -0.385. The van der Waals surface area contributed by atoms with Crippen molar-refractivity contribution < 1.29 is 14.5 Å². The lowest BCUT2D eigenvalue weighted by atomic mass is 10.2. The molecule has 10 heteroatoms. The maximum Gasteiger partial charge on any atom is 0.374 e. The molecular weight excluding hydrogens is 364 g/mol. The van der Waals surface area contributed by atoms with E-state index in [0.29, 0.717) is 11.3 Å². The number of nitro groups is 1. The van der Waals surface area contributed by atoms with Crippen LogP contribution in [0.25, 0.3) is 0 Å². The molecular formula is C18H16N6O4. The molecule has 0 unspecified atom stereocenters. The second kappa shape index (κ2) is 8.54. The average Bonchev–Trinajstić information content (AvgIpc) is 2.73. The van der Waals surface area contributed by atoms with Crippen molar-refractivity contribution in [3.8, 4) is 11.6 Å². The number of hydrogen-bond acceptors (Lipinski definition) is 8. The molecule has 0 atom stereocenters. The first kappa shape index (κ1) is 18.7. The Morgan fingerprint density at radius 1 is 1.14 bits per heavy atom. The predicted octanol–water partition coefficient (Wildman–Crippen LogP) is 2.89. The van der Waals surface area contributed by atoms with Gasteiger partial charge in [0.2, 0.25) is 5.82 Å². The summed E-state index contributed by atoms with van der Waals surface area (Å²) < 4.78 is 5.55. The van der Waals surface area contributed by atoms with Gasteiger partial charge in [-0.05, 0) is 36.2 Å². The zero-order valence-electron chi connectivity index (χ0n) is 14.8. The van der Waals surface area contributed by atoms with E-state index in [-0.39, 0.29) is 11.7 Å². The van der Waals surface area contributed by atoms with Crippen LogP contribution >= 0.6 is 0 Å². The Morgan fingerprint density at radius 3 is 2.50 bits per heavy atom. The molecule has 142 valence electrons. The first-order valence-electron chi connectivity index (χ1n) is 8.31. The highest BCUT2D eigenvalue weighted by Gasteiger charge is 2.25. The highest BCUT2D eigenvalue weighted by molar-refractivity contribution is 5.94. The van der Waals surface area contributed by atoms with E-state index in [4.69, 9.17) is 4.74 Å². The SMILES string of the molecule is CCc1ccc(Oc2ncnc(NNC(=O)c3ccncc3)c2[N+](=O)[O-])cc1. The van der Waals surface area contributed by atoms with Crippen LogP contribution in [-0.2, 0) is 6.42 Å². The number of carbonyl (C=O) groups excluding carboxylic acids is 1. The van der Waals surface area contributed by atoms with E-state index in [0.717, 1.165) is 18.3 Å². The second-order valence-electron chi connectivity index (χ2n) is 5.55. The number of hydrazine groups is 1. The summed E-state index contributed by atoms with van der Waals surface area (Å²) in [6.07, 6.45) is 4.87. The molecule has 0 saturated heterocycles. The Hall–Kier alpha value is -4.08. The van der Waals surface area contributed by atoms with Crippen LogP contribution in [0.2, 0.25) is 0 Å². The minimum Gasteiger partial charge on any atom is -0.434 e. The topological polar surface area (TPSA) is 132 Å². The number of aromatic nitrogens is 3. The molecule has 2 N–H and O–H groups in total. The van der Waals surface area contributed by atoms with Crippen LogP contribution in [0.15, 0.2) is 55.1 Å². The second-order valence-corrected chi connectivity index (χ2v) is 5.55. The van der Waals surface area contributed by atoms with E-state index in [2.05, 4.69) is 25.8 Å². The molecule has 2 aromatic heterocycles. The van der Waals surface area contributed by atoms with Crippen LogP contribution in [0.3, 0.4) is 0 Å². The molecule has 0 aliphatic rings. The summed E-state index contributed by atoms with van der Waals surface area (Å²) in [7, 11) is 0. The minimum absolute atomic E-state index is 0.206. The molecule has 0 saturated carbocycles. The molecule has 0 spiro atoms. The number of ether oxygens (including phenoxy) is 1. The minimum atomic E-state index is -0.684. The van der Waals surface area contributed by atoms with Gasteiger partial charge in [0.1, 0.15) is 12.1 Å². The third-order valence-electron chi connectivity index (χ3n) is 3.75. The van der Waals surface area contributed by atoms with Crippen molar-refractivity contribution in [1.82, 2.24) is 20.4 Å². The van der Waals surface area contributed by atoms with Crippen LogP contribution in [0.1, 0.15) is 22.8 Å². The summed E-state index contributed by atoms with van der Waals surface area (Å²) in [5, 5.41) is 11.5. The Labute approximate surface area is 159 Å². The van der Waals surface area contributed by atoms with Crippen LogP contribution in [0, 0.1) is 10.1 Å². The summed E-state index contributed by atoms with van der Waals surface area (Å²) in [5.41, 5.74) is 5.72. The molecule has 3 aromatic rings. The maximum atomic E-state index is 12.1. The smallest absolute Gasteiger partial charge is 0.374 e. The first-order chi connectivity index (χ1) is 13.6. The van der Waals surface area contributed by atoms with E-state index in [9.17, 15) is 14.9 Å². The van der Waals surface area contributed by atoms with Gasteiger partial charge in [-0.2, -0.15) is 4.98 Å². The number of benzene rings is 1. The van der Waals surface area contributed by atoms with Crippen molar-refractivity contribution in [3.05, 3.63) is 76.4 Å². The van der Waals surface area contributed by atoms with E-state index in [1.807, 2.05) is 19.1 Å². The molecule has 2 heterocycles. The van der Waals surface area contributed by atoms with Gasteiger partial charge in [-0.15, -0.1) is 0 Å². The highest BCUT2D eigenvalue weighted by atomic mass is 16.6. The molecule has 1 aromatic carbocycles. The van der Waals surface area contributed by atoms with Crippen LogP contribution < -0.4 is 15.6 Å². The van der Waals surface area contributed by atoms with Crippen molar-refractivity contribution in [2.45, 2.75) is 13.3 Å². The standard InChI is InChI=1S/C18H16N6O4/c1-2-12-3-5-14(6-4-12)28-18-15(24(26)27)16(20-11-21-18)22-23-17(25)13-7-9-19-10-8-13/h3-11H,2H2,1H3,(H,23,25)(H,20,21,22). The largest absolute Gasteiger partial charge is 0.434 e. The van der Waals surface area contributed by atoms with Crippen LogP contribution in [0.4, 0.5) is 11.5 Å². The summed E-state index contributed by atoms with van der Waals surface area (Å²) in [4.78, 5) is 34.4. The van der Waals surface area contributed by atoms with Gasteiger partial charge in [-0.25, -0.2) is 4.98 Å². The normalized spacial score (nSPS) is 10.2. The Kier molecular flexibility index (Phi) is 5.70. The number of nitrogens with one attached hydrogen (secondary N) is 2. The van der Waals surface area contributed by atoms with E-state index in [1.54, 1.807) is 12.1 Å². The molecule has 3 rings (SSSR count). The molecule has 0 radical (unpaired) electrons. The van der Waals surface area contributed by atoms with Crippen LogP contribution in [-0.4, -0.2) is 25.8 Å². The van der Waals surface area contributed by atoms with Gasteiger partial charge < -0.3 is 4.74 Å². The summed E-state index contributed by atoms with van der Waals surface area (Å²) in [6.45, 7) is 2.02. The lowest BCUT2D eigenvalue weighted by Crippen LogP contribution is -2.30. The number of pyridine rings is 1. The molecule has 0 fully saturated rings. The Balaban J connectivity index is 1.80. The number of anilines is 1. The van der Waals surface area contributed by atoms with Crippen molar-refractivity contribution in [2.75, 3.05) is 5.43 Å². The third kappa shape index (κ3) is 4.36. The third-order valence-corrected chi connectivity index (χ3v) is 3.75. The molecule has 10 nitrogen and oxygen atoms in total. The fraction of sp³-hybridized carbons (Fsp3) is 0.111. The van der Waals surface area contributed by atoms with Crippen molar-refractivity contribution in [1.29, 1.82) is 0 Å². The number of nitrogens with zero attached hydrogens (tertiary/aromatic N) is 4. The van der Waals surface area contributed by atoms with Gasteiger partial charge in [0.05, 0.1) is 4.92 Å². The molecule has 28 heavy (non-hydrogen) atoms. The number of aryl methyl sites for hydroxylation is 1. The van der Waals surface area contributed by atoms with E-state index in [1.165, 1.54) is 24.5 Å². The van der Waals surface area contributed by atoms with Crippen molar-refractivity contribution >= 4 is 17.4 Å². The summed E-state index contributed by atoms with van der Waals surface area (Å²) in [5.74, 6) is -0.564. The van der Waals surface area contributed by atoms with Gasteiger partial charge in [0.25, 0.3) is 5.91 Å². The van der Waals surface area contributed by atoms with Crippen LogP contribution in [0.5, 0.6) is 11.6 Å².